The molecule has 0 aliphatic heterocycles. The van der Waals surface area contributed by atoms with Crippen molar-refractivity contribution in [1.82, 2.24) is 0 Å². The summed E-state index contributed by atoms with van der Waals surface area (Å²) in [7, 11) is 0. The van der Waals surface area contributed by atoms with Gasteiger partial charge in [0.2, 0.25) is 0 Å². The van der Waals surface area contributed by atoms with Gasteiger partial charge in [-0.05, 0) is 40.8 Å². The van der Waals surface area contributed by atoms with Gasteiger partial charge in [0, 0.05) is 23.7 Å². The minimum absolute atomic E-state index is 1.32. The van der Waals surface area contributed by atoms with Crippen LogP contribution in [-0.4, -0.2) is 0 Å². The summed E-state index contributed by atoms with van der Waals surface area (Å²) in [4.78, 5) is 0. The molecule has 0 aliphatic rings. The average Bonchev–Trinajstić information content (AvgIpc) is 3.06. The fraction of sp³-hybridized carbons (Fsp3) is 0. The molecule has 5 rings (SSSR count). The molecule has 0 N–H and O–H groups in total. The van der Waals surface area contributed by atoms with Crippen molar-refractivity contribution in [2.75, 3.05) is 0 Å². The lowest BCUT2D eigenvalue weighted by Crippen LogP contribution is -1.66. The molecule has 0 saturated heterocycles. The number of hydrogen-bond acceptors (Lipinski definition) is 3. The minimum atomic E-state index is 1.32. The monoisotopic (exact) mass is 422 g/mol. The van der Waals surface area contributed by atoms with Gasteiger partial charge in [-0.3, -0.25) is 0 Å². The second-order valence-corrected chi connectivity index (χ2v) is 9.13. The van der Waals surface area contributed by atoms with Gasteiger partial charge < -0.3 is 0 Å². The van der Waals surface area contributed by atoms with Crippen molar-refractivity contribution in [2.24, 2.45) is 0 Å². The van der Waals surface area contributed by atoms with Gasteiger partial charge in [-0.15, -0.1) is 34.0 Å². The highest BCUT2D eigenvalue weighted by Crippen LogP contribution is 2.49. The third kappa shape index (κ3) is 1.51. The Balaban J connectivity index is 2.04. The number of hydrogen-bond donors (Lipinski definition) is 0. The van der Waals surface area contributed by atoms with Crippen LogP contribution in [0.3, 0.4) is 0 Å². The minimum Gasteiger partial charge on any atom is -0.133 e. The van der Waals surface area contributed by atoms with E-state index >= 15 is 0 Å². The maximum absolute atomic E-state index is 2.39. The third-order valence-corrected chi connectivity index (χ3v) is 8.24. The van der Waals surface area contributed by atoms with E-state index in [1.54, 1.807) is 0 Å². The first kappa shape index (κ1) is 11.9. The van der Waals surface area contributed by atoms with Crippen LogP contribution in [0.2, 0.25) is 0 Å². The lowest BCUT2D eigenvalue weighted by molar-refractivity contribution is 1.77. The van der Waals surface area contributed by atoms with Crippen molar-refractivity contribution in [3.05, 3.63) is 46.0 Å². The number of halogens is 1. The predicted molar refractivity (Wildman–Crippen MR) is 103 cm³/mol. The highest BCUT2D eigenvalue weighted by atomic mass is 127. The van der Waals surface area contributed by atoms with E-state index in [9.17, 15) is 0 Å². The Labute approximate surface area is 140 Å². The van der Waals surface area contributed by atoms with Crippen molar-refractivity contribution in [3.63, 3.8) is 0 Å². The molecule has 5 aromatic rings. The molecular formula is C16H7IS3. The summed E-state index contributed by atoms with van der Waals surface area (Å²) >= 11 is 8.23. The zero-order chi connectivity index (χ0) is 13.3. The second kappa shape index (κ2) is 4.16. The summed E-state index contributed by atoms with van der Waals surface area (Å²) in [5, 5.41) is 2.84. The van der Waals surface area contributed by atoms with Crippen LogP contribution in [0.15, 0.2) is 42.5 Å². The van der Waals surface area contributed by atoms with E-state index < -0.39 is 0 Å². The molecule has 96 valence electrons. The molecule has 0 nitrogen and oxygen atoms in total. The fourth-order valence-electron chi connectivity index (χ4n) is 2.67. The third-order valence-electron chi connectivity index (χ3n) is 3.57. The van der Waals surface area contributed by atoms with Gasteiger partial charge in [0.1, 0.15) is 0 Å². The maximum atomic E-state index is 2.39. The van der Waals surface area contributed by atoms with E-state index in [4.69, 9.17) is 0 Å². The van der Waals surface area contributed by atoms with Gasteiger partial charge in [0.15, 0.2) is 0 Å². The van der Waals surface area contributed by atoms with Gasteiger partial charge in [-0.2, -0.15) is 0 Å². The highest BCUT2D eigenvalue weighted by Gasteiger charge is 2.16. The van der Waals surface area contributed by atoms with Gasteiger partial charge in [-0.25, -0.2) is 0 Å². The first-order chi connectivity index (χ1) is 9.81. The zero-order valence-corrected chi connectivity index (χ0v) is 14.8. The van der Waals surface area contributed by atoms with Gasteiger partial charge >= 0.3 is 0 Å². The quantitative estimate of drug-likeness (QED) is 0.234. The van der Waals surface area contributed by atoms with Crippen LogP contribution in [0.4, 0.5) is 0 Å². The summed E-state index contributed by atoms with van der Waals surface area (Å²) in [5.41, 5.74) is 0. The summed E-state index contributed by atoms with van der Waals surface area (Å²) in [6, 6.07) is 15.5. The van der Waals surface area contributed by atoms with E-state index in [1.807, 2.05) is 34.0 Å². The maximum Gasteiger partial charge on any atom is 0.0642 e. The second-order valence-electron chi connectivity index (χ2n) is 4.76. The number of thiophene rings is 3. The van der Waals surface area contributed by atoms with Gasteiger partial charge in [-0.1, -0.05) is 24.3 Å². The number of rotatable bonds is 0. The summed E-state index contributed by atoms with van der Waals surface area (Å²) in [6.45, 7) is 0. The zero-order valence-electron chi connectivity index (χ0n) is 10.1. The van der Waals surface area contributed by atoms with E-state index in [0.717, 1.165) is 0 Å². The largest absolute Gasteiger partial charge is 0.133 e. The lowest BCUT2D eigenvalue weighted by atomic mass is 10.2. The van der Waals surface area contributed by atoms with Crippen molar-refractivity contribution in [2.45, 2.75) is 0 Å². The predicted octanol–water partition coefficient (Wildman–Crippen LogP) is 7.09. The summed E-state index contributed by atoms with van der Waals surface area (Å²) in [5.74, 6) is 0. The van der Waals surface area contributed by atoms with Crippen LogP contribution in [-0.2, 0) is 0 Å². The lowest BCUT2D eigenvalue weighted by Gasteiger charge is -1.90. The molecule has 0 saturated carbocycles. The first-order valence-electron chi connectivity index (χ1n) is 6.23. The highest BCUT2D eigenvalue weighted by molar-refractivity contribution is 14.1. The molecule has 0 radical (unpaired) electrons. The van der Waals surface area contributed by atoms with Crippen molar-refractivity contribution < 1.29 is 0 Å². The van der Waals surface area contributed by atoms with E-state index in [1.165, 1.54) is 42.5 Å². The van der Waals surface area contributed by atoms with Crippen molar-refractivity contribution in [1.29, 1.82) is 0 Å². The Morgan fingerprint density at radius 3 is 2.20 bits per heavy atom. The first-order valence-corrected chi connectivity index (χ1v) is 9.76. The Kier molecular flexibility index (Phi) is 2.48. The molecule has 0 atom stereocenters. The van der Waals surface area contributed by atoms with Crippen LogP contribution in [0.5, 0.6) is 0 Å². The molecule has 3 heterocycles. The topological polar surface area (TPSA) is 0 Å². The molecule has 20 heavy (non-hydrogen) atoms. The SMILES string of the molecule is Ic1ccc2c(c1)sc1c2sc2c3ccccc3sc21. The molecule has 3 aromatic heterocycles. The van der Waals surface area contributed by atoms with E-state index in [0.29, 0.717) is 0 Å². The molecule has 0 spiro atoms. The Bertz CT molecular complexity index is 1110. The Morgan fingerprint density at radius 1 is 0.650 bits per heavy atom. The molecule has 4 heteroatoms. The van der Waals surface area contributed by atoms with E-state index in [-0.39, 0.29) is 0 Å². The molecule has 0 aliphatic carbocycles. The standard InChI is InChI=1S/C16H7IS3/c17-8-5-6-10-12(7-8)19-16-14(10)20-13-9-3-1-2-4-11(9)18-15(13)16/h1-7H. The van der Waals surface area contributed by atoms with Crippen LogP contribution in [0.1, 0.15) is 0 Å². The molecule has 2 aromatic carbocycles. The molecule has 0 unspecified atom stereocenters. The summed E-state index contributed by atoms with van der Waals surface area (Å²) < 4.78 is 10.0. The Hall–Kier alpha value is -0.690. The molecule has 0 amide bonds. The van der Waals surface area contributed by atoms with E-state index in [2.05, 4.69) is 65.1 Å². The van der Waals surface area contributed by atoms with Crippen LogP contribution in [0, 0.1) is 3.57 Å². The fourth-order valence-corrected chi connectivity index (χ4v) is 7.68. The molecule has 0 bridgehead atoms. The normalized spacial score (nSPS) is 12.2. The number of fused-ring (bicyclic) bond motifs is 7. The van der Waals surface area contributed by atoms with Gasteiger partial charge in [0.05, 0.1) is 18.8 Å². The molecule has 0 fully saturated rings. The van der Waals surface area contributed by atoms with Crippen molar-refractivity contribution in [3.8, 4) is 0 Å². The smallest absolute Gasteiger partial charge is 0.0642 e. The average molecular weight is 422 g/mol. The summed E-state index contributed by atoms with van der Waals surface area (Å²) in [6.07, 6.45) is 0. The van der Waals surface area contributed by atoms with Crippen LogP contribution >= 0.6 is 56.6 Å². The van der Waals surface area contributed by atoms with Crippen molar-refractivity contribution >= 4 is 95.6 Å². The van der Waals surface area contributed by atoms with Crippen LogP contribution < -0.4 is 0 Å². The number of benzene rings is 2. The molecular weight excluding hydrogens is 415 g/mol. The van der Waals surface area contributed by atoms with Gasteiger partial charge in [0.25, 0.3) is 0 Å². The Morgan fingerprint density at radius 2 is 1.35 bits per heavy atom. The van der Waals surface area contributed by atoms with Crippen LogP contribution in [0.25, 0.3) is 39.0 Å².